The van der Waals surface area contributed by atoms with E-state index in [9.17, 15) is 4.79 Å². The lowest BCUT2D eigenvalue weighted by molar-refractivity contribution is -0.117. The standard InChI is InChI=1S/C16H25N3O.ClH/c1-3-10-19(15-8-9-17-11-15)12-16(20)18-14-6-4-13(2)5-7-14;/h4-7,15,17H,3,8-12H2,1-2H3,(H,18,20);1H. The summed E-state index contributed by atoms with van der Waals surface area (Å²) >= 11 is 0. The van der Waals surface area contributed by atoms with E-state index in [2.05, 4.69) is 22.5 Å². The number of anilines is 1. The van der Waals surface area contributed by atoms with E-state index in [-0.39, 0.29) is 18.3 Å². The predicted molar refractivity (Wildman–Crippen MR) is 90.2 cm³/mol. The molecular formula is C16H26ClN3O. The van der Waals surface area contributed by atoms with Gasteiger partial charge in [-0.1, -0.05) is 24.6 Å². The third-order valence-corrected chi connectivity index (χ3v) is 3.74. The maximum absolute atomic E-state index is 12.2. The molecule has 1 atom stereocenters. The molecule has 0 saturated carbocycles. The highest BCUT2D eigenvalue weighted by Gasteiger charge is 2.23. The van der Waals surface area contributed by atoms with Crippen molar-refractivity contribution < 1.29 is 4.79 Å². The Bertz CT molecular complexity index is 430. The SMILES string of the molecule is CCCN(CC(=O)Nc1ccc(C)cc1)C1CCNC1.Cl. The van der Waals surface area contributed by atoms with E-state index >= 15 is 0 Å². The number of rotatable bonds is 6. The summed E-state index contributed by atoms with van der Waals surface area (Å²) in [4.78, 5) is 14.5. The van der Waals surface area contributed by atoms with Gasteiger partial charge in [0.2, 0.25) is 5.91 Å². The minimum Gasteiger partial charge on any atom is -0.325 e. The molecule has 4 nitrogen and oxygen atoms in total. The fourth-order valence-corrected chi connectivity index (χ4v) is 2.65. The Morgan fingerprint density at radius 3 is 2.67 bits per heavy atom. The van der Waals surface area contributed by atoms with Crippen LogP contribution in [0, 0.1) is 6.92 Å². The van der Waals surface area contributed by atoms with Crippen LogP contribution in [0.15, 0.2) is 24.3 Å². The molecule has 1 saturated heterocycles. The lowest BCUT2D eigenvalue weighted by Crippen LogP contribution is -2.42. The summed E-state index contributed by atoms with van der Waals surface area (Å²) in [6, 6.07) is 8.43. The first-order chi connectivity index (χ1) is 9.69. The Labute approximate surface area is 133 Å². The van der Waals surface area contributed by atoms with Gasteiger partial charge in [0.25, 0.3) is 0 Å². The lowest BCUT2D eigenvalue weighted by Gasteiger charge is -2.27. The zero-order valence-electron chi connectivity index (χ0n) is 12.9. The summed E-state index contributed by atoms with van der Waals surface area (Å²) in [6.07, 6.45) is 2.21. The van der Waals surface area contributed by atoms with Crippen LogP contribution in [0.5, 0.6) is 0 Å². The molecule has 0 spiro atoms. The Balaban J connectivity index is 0.00000220. The maximum atomic E-state index is 12.2. The molecule has 1 aromatic carbocycles. The van der Waals surface area contributed by atoms with E-state index in [4.69, 9.17) is 0 Å². The van der Waals surface area contributed by atoms with Crippen LogP contribution in [0.2, 0.25) is 0 Å². The molecule has 1 unspecified atom stereocenters. The minimum atomic E-state index is 0. The van der Waals surface area contributed by atoms with E-state index in [1.807, 2.05) is 31.2 Å². The number of hydrogen-bond acceptors (Lipinski definition) is 3. The van der Waals surface area contributed by atoms with E-state index in [1.54, 1.807) is 0 Å². The van der Waals surface area contributed by atoms with Crippen LogP contribution < -0.4 is 10.6 Å². The fourth-order valence-electron chi connectivity index (χ4n) is 2.65. The molecule has 5 heteroatoms. The zero-order chi connectivity index (χ0) is 14.4. The Morgan fingerprint density at radius 2 is 2.10 bits per heavy atom. The number of halogens is 1. The van der Waals surface area contributed by atoms with Gasteiger partial charge in [-0.3, -0.25) is 9.69 Å². The Morgan fingerprint density at radius 1 is 1.38 bits per heavy atom. The molecule has 118 valence electrons. The third kappa shape index (κ3) is 5.65. The molecule has 0 aliphatic carbocycles. The molecule has 2 N–H and O–H groups in total. The predicted octanol–water partition coefficient (Wildman–Crippen LogP) is 2.43. The highest BCUT2D eigenvalue weighted by atomic mass is 35.5. The summed E-state index contributed by atoms with van der Waals surface area (Å²) in [5.41, 5.74) is 2.08. The third-order valence-electron chi connectivity index (χ3n) is 3.74. The van der Waals surface area contributed by atoms with Crippen molar-refractivity contribution in [2.24, 2.45) is 0 Å². The molecule has 0 aromatic heterocycles. The first kappa shape index (κ1) is 18.0. The quantitative estimate of drug-likeness (QED) is 0.848. The topological polar surface area (TPSA) is 44.4 Å². The monoisotopic (exact) mass is 311 g/mol. The van der Waals surface area contributed by atoms with Gasteiger partial charge in [0.05, 0.1) is 6.54 Å². The summed E-state index contributed by atoms with van der Waals surface area (Å²) in [5, 5.41) is 6.35. The van der Waals surface area contributed by atoms with Crippen molar-refractivity contribution in [1.82, 2.24) is 10.2 Å². The Kier molecular flexibility index (Phi) is 7.72. The van der Waals surface area contributed by atoms with Crippen molar-refractivity contribution in [1.29, 1.82) is 0 Å². The van der Waals surface area contributed by atoms with Crippen molar-refractivity contribution in [3.05, 3.63) is 29.8 Å². The molecule has 1 amide bonds. The summed E-state index contributed by atoms with van der Waals surface area (Å²) < 4.78 is 0. The van der Waals surface area contributed by atoms with Crippen molar-refractivity contribution >= 4 is 24.0 Å². The van der Waals surface area contributed by atoms with Crippen LogP contribution >= 0.6 is 12.4 Å². The number of aryl methyl sites for hydroxylation is 1. The molecule has 0 radical (unpaired) electrons. The van der Waals surface area contributed by atoms with Gasteiger partial charge in [0, 0.05) is 18.3 Å². The zero-order valence-corrected chi connectivity index (χ0v) is 13.7. The van der Waals surface area contributed by atoms with E-state index < -0.39 is 0 Å². The second kappa shape index (κ2) is 9.03. The van der Waals surface area contributed by atoms with Gasteiger partial charge in [-0.25, -0.2) is 0 Å². The second-order valence-electron chi connectivity index (χ2n) is 5.53. The Hall–Kier alpha value is -1.10. The number of nitrogens with one attached hydrogen (secondary N) is 2. The molecular weight excluding hydrogens is 286 g/mol. The highest BCUT2D eigenvalue weighted by Crippen LogP contribution is 2.11. The van der Waals surface area contributed by atoms with Crippen LogP contribution in [0.1, 0.15) is 25.3 Å². The average Bonchev–Trinajstić information content (AvgIpc) is 2.95. The van der Waals surface area contributed by atoms with E-state index in [1.165, 1.54) is 5.56 Å². The van der Waals surface area contributed by atoms with Gasteiger partial charge in [-0.15, -0.1) is 12.4 Å². The highest BCUT2D eigenvalue weighted by molar-refractivity contribution is 5.92. The first-order valence-corrected chi connectivity index (χ1v) is 7.50. The molecule has 21 heavy (non-hydrogen) atoms. The molecule has 1 fully saturated rings. The number of nitrogens with zero attached hydrogens (tertiary/aromatic N) is 1. The van der Waals surface area contributed by atoms with Crippen molar-refractivity contribution in [3.63, 3.8) is 0 Å². The molecule has 1 aliphatic heterocycles. The lowest BCUT2D eigenvalue weighted by atomic mass is 10.2. The van der Waals surface area contributed by atoms with Crippen LogP contribution in [0.3, 0.4) is 0 Å². The van der Waals surface area contributed by atoms with E-state index in [0.717, 1.165) is 38.2 Å². The van der Waals surface area contributed by atoms with Gasteiger partial charge in [0.1, 0.15) is 0 Å². The number of carbonyl (C=O) groups excluding carboxylic acids is 1. The number of carbonyl (C=O) groups is 1. The first-order valence-electron chi connectivity index (χ1n) is 7.50. The average molecular weight is 312 g/mol. The van der Waals surface area contributed by atoms with Crippen molar-refractivity contribution in [2.45, 2.75) is 32.7 Å². The summed E-state index contributed by atoms with van der Waals surface area (Å²) in [7, 11) is 0. The van der Waals surface area contributed by atoms with Crippen molar-refractivity contribution in [3.8, 4) is 0 Å². The number of hydrogen-bond donors (Lipinski definition) is 2. The van der Waals surface area contributed by atoms with Crippen molar-refractivity contribution in [2.75, 3.05) is 31.5 Å². The largest absolute Gasteiger partial charge is 0.325 e. The fraction of sp³-hybridized carbons (Fsp3) is 0.562. The molecule has 1 heterocycles. The van der Waals surface area contributed by atoms with Gasteiger partial charge in [-0.2, -0.15) is 0 Å². The minimum absolute atomic E-state index is 0. The smallest absolute Gasteiger partial charge is 0.238 e. The summed E-state index contributed by atoms with van der Waals surface area (Å²) in [6.45, 7) is 7.72. The van der Waals surface area contributed by atoms with E-state index in [0.29, 0.717) is 12.6 Å². The molecule has 0 bridgehead atoms. The van der Waals surface area contributed by atoms with Gasteiger partial charge in [0.15, 0.2) is 0 Å². The normalized spacial score (nSPS) is 17.6. The van der Waals surface area contributed by atoms with Crippen LogP contribution in [-0.4, -0.2) is 43.0 Å². The maximum Gasteiger partial charge on any atom is 0.238 e. The van der Waals surface area contributed by atoms with Crippen LogP contribution in [0.4, 0.5) is 5.69 Å². The van der Waals surface area contributed by atoms with Crippen LogP contribution in [0.25, 0.3) is 0 Å². The molecule has 1 aliphatic rings. The molecule has 2 rings (SSSR count). The van der Waals surface area contributed by atoms with Gasteiger partial charge < -0.3 is 10.6 Å². The summed E-state index contributed by atoms with van der Waals surface area (Å²) in [5.74, 6) is 0.0780. The second-order valence-corrected chi connectivity index (χ2v) is 5.53. The van der Waals surface area contributed by atoms with Gasteiger partial charge in [-0.05, 0) is 45.0 Å². The van der Waals surface area contributed by atoms with Crippen LogP contribution in [-0.2, 0) is 4.79 Å². The number of amides is 1. The molecule has 1 aromatic rings. The van der Waals surface area contributed by atoms with Gasteiger partial charge >= 0.3 is 0 Å². The number of benzene rings is 1.